The maximum atomic E-state index is 10.3. The van der Waals surface area contributed by atoms with Gasteiger partial charge in [0, 0.05) is 14.9 Å². The van der Waals surface area contributed by atoms with Crippen molar-refractivity contribution in [3.63, 3.8) is 0 Å². The summed E-state index contributed by atoms with van der Waals surface area (Å²) in [4.78, 5) is 10.3. The highest BCUT2D eigenvalue weighted by molar-refractivity contribution is 5.72. The van der Waals surface area contributed by atoms with Gasteiger partial charge in [-0.15, -0.1) is 0 Å². The SMILES string of the molecule is CC(=O)NCCOC(C)C.[HH]. The van der Waals surface area contributed by atoms with Gasteiger partial charge in [-0.05, 0) is 13.8 Å². The first-order chi connectivity index (χ1) is 4.63. The van der Waals surface area contributed by atoms with Crippen LogP contribution < -0.4 is 5.32 Å². The van der Waals surface area contributed by atoms with Crippen LogP contribution in [0, 0.1) is 0 Å². The molecule has 0 aliphatic heterocycles. The topological polar surface area (TPSA) is 38.3 Å². The fraction of sp³-hybridized carbons (Fsp3) is 0.857. The molecule has 0 fully saturated rings. The summed E-state index contributed by atoms with van der Waals surface area (Å²) in [7, 11) is 0. The van der Waals surface area contributed by atoms with Crippen LogP contribution >= 0.6 is 0 Å². The first kappa shape index (κ1) is 9.43. The van der Waals surface area contributed by atoms with Gasteiger partial charge in [0.1, 0.15) is 0 Å². The molecule has 1 N–H and O–H groups in total. The highest BCUT2D eigenvalue weighted by Crippen LogP contribution is 1.84. The molecule has 0 atom stereocenters. The van der Waals surface area contributed by atoms with Gasteiger partial charge >= 0.3 is 0 Å². The van der Waals surface area contributed by atoms with Crippen LogP contribution in [-0.2, 0) is 9.53 Å². The van der Waals surface area contributed by atoms with E-state index >= 15 is 0 Å². The molecule has 0 spiro atoms. The average molecular weight is 147 g/mol. The Balaban J connectivity index is 0. The number of rotatable bonds is 4. The van der Waals surface area contributed by atoms with Crippen molar-refractivity contribution in [3.05, 3.63) is 0 Å². The Hall–Kier alpha value is -0.570. The monoisotopic (exact) mass is 147 g/mol. The fourth-order valence-corrected chi connectivity index (χ4v) is 0.522. The van der Waals surface area contributed by atoms with Crippen LogP contribution in [0.2, 0.25) is 0 Å². The highest BCUT2D eigenvalue weighted by atomic mass is 16.5. The zero-order valence-corrected chi connectivity index (χ0v) is 6.81. The van der Waals surface area contributed by atoms with Gasteiger partial charge in [-0.25, -0.2) is 0 Å². The van der Waals surface area contributed by atoms with Crippen molar-refractivity contribution in [1.82, 2.24) is 5.32 Å². The Bertz CT molecular complexity index is 107. The number of carbonyl (C=O) groups excluding carboxylic acids is 1. The molecule has 0 heterocycles. The molecule has 0 bridgehead atoms. The largest absolute Gasteiger partial charge is 0.377 e. The van der Waals surface area contributed by atoms with E-state index in [1.807, 2.05) is 13.8 Å². The standard InChI is InChI=1S/C7H15NO2.H2/c1-6(2)10-5-4-8-7(3)9;/h6H,4-5H2,1-3H3,(H,8,9);1H. The zero-order chi connectivity index (χ0) is 7.98. The van der Waals surface area contributed by atoms with Crippen molar-refractivity contribution in [2.24, 2.45) is 0 Å². The summed E-state index contributed by atoms with van der Waals surface area (Å²) >= 11 is 0. The molecule has 0 aromatic rings. The molecular formula is C7H17NO2. The minimum absolute atomic E-state index is 0. The van der Waals surface area contributed by atoms with Crippen LogP contribution in [-0.4, -0.2) is 25.2 Å². The number of hydrogen-bond acceptors (Lipinski definition) is 2. The molecule has 62 valence electrons. The van der Waals surface area contributed by atoms with Crippen LogP contribution in [0.4, 0.5) is 0 Å². The molecule has 0 aliphatic carbocycles. The zero-order valence-electron chi connectivity index (χ0n) is 6.81. The van der Waals surface area contributed by atoms with E-state index in [1.54, 1.807) is 0 Å². The van der Waals surface area contributed by atoms with E-state index in [2.05, 4.69) is 5.32 Å². The van der Waals surface area contributed by atoms with Crippen molar-refractivity contribution in [3.8, 4) is 0 Å². The maximum Gasteiger partial charge on any atom is 0.216 e. The third-order valence-electron chi connectivity index (χ3n) is 0.927. The summed E-state index contributed by atoms with van der Waals surface area (Å²) in [5.74, 6) is -0.00708. The van der Waals surface area contributed by atoms with Crippen LogP contribution in [0.3, 0.4) is 0 Å². The van der Waals surface area contributed by atoms with Crippen LogP contribution in [0.25, 0.3) is 0 Å². The molecular weight excluding hydrogens is 130 g/mol. The van der Waals surface area contributed by atoms with Crippen molar-refractivity contribution in [1.29, 1.82) is 0 Å². The number of ether oxygens (including phenoxy) is 1. The van der Waals surface area contributed by atoms with Gasteiger partial charge in [0.15, 0.2) is 0 Å². The van der Waals surface area contributed by atoms with Crippen molar-refractivity contribution in [2.75, 3.05) is 13.2 Å². The smallest absolute Gasteiger partial charge is 0.216 e. The van der Waals surface area contributed by atoms with Crippen LogP contribution in [0.15, 0.2) is 0 Å². The molecule has 0 saturated carbocycles. The van der Waals surface area contributed by atoms with Crippen molar-refractivity contribution in [2.45, 2.75) is 26.9 Å². The predicted molar refractivity (Wildman–Crippen MR) is 41.9 cm³/mol. The summed E-state index contributed by atoms with van der Waals surface area (Å²) in [5.41, 5.74) is 0. The Labute approximate surface area is 63.2 Å². The van der Waals surface area contributed by atoms with Crippen LogP contribution in [0.1, 0.15) is 22.2 Å². The summed E-state index contributed by atoms with van der Waals surface area (Å²) in [6.07, 6.45) is 0.244. The Morgan fingerprint density at radius 1 is 1.70 bits per heavy atom. The Morgan fingerprint density at radius 3 is 2.70 bits per heavy atom. The molecule has 1 amide bonds. The van der Waals surface area contributed by atoms with Crippen molar-refractivity contribution >= 4 is 5.91 Å². The second-order valence-electron chi connectivity index (χ2n) is 2.40. The highest BCUT2D eigenvalue weighted by Gasteiger charge is 1.92. The lowest BCUT2D eigenvalue weighted by molar-refractivity contribution is -0.119. The van der Waals surface area contributed by atoms with Gasteiger partial charge in [0.2, 0.25) is 5.91 Å². The van der Waals surface area contributed by atoms with E-state index in [4.69, 9.17) is 4.74 Å². The molecule has 0 aliphatic rings. The quantitative estimate of drug-likeness (QED) is 0.597. The first-order valence-electron chi connectivity index (χ1n) is 3.49. The minimum atomic E-state index is -0.00708. The predicted octanol–water partition coefficient (Wildman–Crippen LogP) is 0.793. The average Bonchev–Trinajstić information content (AvgIpc) is 1.79. The number of nitrogens with one attached hydrogen (secondary N) is 1. The molecule has 0 radical (unpaired) electrons. The van der Waals surface area contributed by atoms with Crippen LogP contribution in [0.5, 0.6) is 0 Å². The molecule has 0 saturated heterocycles. The summed E-state index contributed by atoms with van der Waals surface area (Å²) in [5, 5.41) is 2.64. The molecule has 3 nitrogen and oxygen atoms in total. The number of hydrogen-bond donors (Lipinski definition) is 1. The molecule has 0 rings (SSSR count). The lowest BCUT2D eigenvalue weighted by atomic mass is 10.5. The van der Waals surface area contributed by atoms with Gasteiger partial charge in [-0.3, -0.25) is 4.79 Å². The normalized spacial score (nSPS) is 10.0. The van der Waals surface area contributed by atoms with Gasteiger partial charge < -0.3 is 10.1 Å². The van der Waals surface area contributed by atoms with E-state index in [-0.39, 0.29) is 13.4 Å². The van der Waals surface area contributed by atoms with E-state index in [0.29, 0.717) is 13.2 Å². The summed E-state index contributed by atoms with van der Waals surface area (Å²) < 4.78 is 5.18. The van der Waals surface area contributed by atoms with Gasteiger partial charge in [0.25, 0.3) is 0 Å². The molecule has 0 aromatic carbocycles. The van der Waals surface area contributed by atoms with E-state index in [0.717, 1.165) is 0 Å². The third-order valence-corrected chi connectivity index (χ3v) is 0.927. The lowest BCUT2D eigenvalue weighted by Crippen LogP contribution is -2.25. The first-order valence-corrected chi connectivity index (χ1v) is 3.49. The van der Waals surface area contributed by atoms with Gasteiger partial charge in [-0.2, -0.15) is 0 Å². The minimum Gasteiger partial charge on any atom is -0.377 e. The molecule has 0 unspecified atom stereocenters. The number of carbonyl (C=O) groups is 1. The second kappa shape index (κ2) is 5.23. The summed E-state index contributed by atoms with van der Waals surface area (Å²) in [6.45, 7) is 6.63. The lowest BCUT2D eigenvalue weighted by Gasteiger charge is -2.06. The molecule has 3 heteroatoms. The molecule has 10 heavy (non-hydrogen) atoms. The number of amides is 1. The third kappa shape index (κ3) is 7.43. The van der Waals surface area contributed by atoms with Crippen molar-refractivity contribution < 1.29 is 11.0 Å². The second-order valence-corrected chi connectivity index (χ2v) is 2.40. The van der Waals surface area contributed by atoms with E-state index in [1.165, 1.54) is 6.92 Å². The Kier molecular flexibility index (Phi) is 4.94. The molecule has 0 aromatic heterocycles. The fourth-order valence-electron chi connectivity index (χ4n) is 0.522. The van der Waals surface area contributed by atoms with E-state index < -0.39 is 0 Å². The van der Waals surface area contributed by atoms with Gasteiger partial charge in [-0.1, -0.05) is 0 Å². The maximum absolute atomic E-state index is 10.3. The van der Waals surface area contributed by atoms with Gasteiger partial charge in [0.05, 0.1) is 12.7 Å². The summed E-state index contributed by atoms with van der Waals surface area (Å²) in [6, 6.07) is 0. The Morgan fingerprint density at radius 2 is 2.30 bits per heavy atom. The van der Waals surface area contributed by atoms with E-state index in [9.17, 15) is 4.79 Å².